The molecule has 0 saturated heterocycles. The summed E-state index contributed by atoms with van der Waals surface area (Å²) in [4.78, 5) is 22.0. The van der Waals surface area contributed by atoms with Gasteiger partial charge in [0.2, 0.25) is 0 Å². The van der Waals surface area contributed by atoms with E-state index < -0.39 is 17.0 Å². The average Bonchev–Trinajstić information content (AvgIpc) is 2.68. The van der Waals surface area contributed by atoms with Gasteiger partial charge in [-0.05, 0) is 24.6 Å². The van der Waals surface area contributed by atoms with Crippen molar-refractivity contribution >= 4 is 30.2 Å². The standard InChI is InChI=1S/C12H9ClO5S/c1-5-9(18-12(16)17-5)10(19)6-2-3-8(13)7(4-6)11(14)15/h2-4,10,19H,1H3,(H,14,15). The van der Waals surface area contributed by atoms with E-state index in [0.717, 1.165) is 0 Å². The molecule has 1 atom stereocenters. The summed E-state index contributed by atoms with van der Waals surface area (Å²) in [5.74, 6) is -1.42. The van der Waals surface area contributed by atoms with E-state index in [9.17, 15) is 9.59 Å². The molecule has 19 heavy (non-hydrogen) atoms. The molecule has 0 bridgehead atoms. The molecule has 0 fully saturated rings. The lowest BCUT2D eigenvalue weighted by molar-refractivity contribution is 0.0697. The summed E-state index contributed by atoms with van der Waals surface area (Å²) in [6, 6.07) is 4.45. The molecule has 1 unspecified atom stereocenters. The van der Waals surface area contributed by atoms with Gasteiger partial charge in [0, 0.05) is 0 Å². The fourth-order valence-corrected chi connectivity index (χ4v) is 2.23. The van der Waals surface area contributed by atoms with Crippen molar-refractivity contribution in [1.82, 2.24) is 0 Å². The van der Waals surface area contributed by atoms with Gasteiger partial charge in [-0.15, -0.1) is 0 Å². The number of carbonyl (C=O) groups is 1. The maximum atomic E-state index is 11.0. The summed E-state index contributed by atoms with van der Waals surface area (Å²) in [6.07, 6.45) is 0. The first-order valence-electron chi connectivity index (χ1n) is 5.21. The van der Waals surface area contributed by atoms with Gasteiger partial charge in [0.1, 0.15) is 5.76 Å². The van der Waals surface area contributed by atoms with Crippen molar-refractivity contribution in [3.63, 3.8) is 0 Å². The molecule has 0 aliphatic heterocycles. The Labute approximate surface area is 118 Å². The molecule has 1 aromatic heterocycles. The number of benzene rings is 1. The summed E-state index contributed by atoms with van der Waals surface area (Å²) in [5.41, 5.74) is 0.500. The molecule has 1 aromatic carbocycles. The van der Waals surface area contributed by atoms with Crippen LogP contribution in [0.4, 0.5) is 0 Å². The van der Waals surface area contributed by atoms with Crippen LogP contribution in [0.25, 0.3) is 0 Å². The lowest BCUT2D eigenvalue weighted by Crippen LogP contribution is -2.01. The number of carboxylic acids is 1. The SMILES string of the molecule is Cc1oc(=O)oc1C(S)c1ccc(Cl)c(C(=O)O)c1. The number of hydrogen-bond acceptors (Lipinski definition) is 5. The highest BCUT2D eigenvalue weighted by atomic mass is 35.5. The van der Waals surface area contributed by atoms with E-state index >= 15 is 0 Å². The predicted molar refractivity (Wildman–Crippen MR) is 71.2 cm³/mol. The molecule has 5 nitrogen and oxygen atoms in total. The van der Waals surface area contributed by atoms with E-state index in [1.807, 2.05) is 0 Å². The van der Waals surface area contributed by atoms with Crippen molar-refractivity contribution in [3.05, 3.63) is 56.5 Å². The van der Waals surface area contributed by atoms with Gasteiger partial charge >= 0.3 is 11.8 Å². The van der Waals surface area contributed by atoms with Gasteiger partial charge in [-0.3, -0.25) is 0 Å². The third-order valence-electron chi connectivity index (χ3n) is 2.56. The third-order valence-corrected chi connectivity index (χ3v) is 3.42. The molecule has 0 spiro atoms. The molecule has 0 saturated carbocycles. The number of aryl methyl sites for hydroxylation is 1. The smallest absolute Gasteiger partial charge is 0.478 e. The second kappa shape index (κ2) is 5.14. The number of hydrogen-bond donors (Lipinski definition) is 2. The number of thiol groups is 1. The Morgan fingerprint density at radius 3 is 2.63 bits per heavy atom. The fraction of sp³-hybridized carbons (Fsp3) is 0.167. The van der Waals surface area contributed by atoms with Crippen LogP contribution in [0.1, 0.15) is 32.7 Å². The summed E-state index contributed by atoms with van der Waals surface area (Å²) < 4.78 is 9.63. The van der Waals surface area contributed by atoms with Crippen LogP contribution in [0.15, 0.2) is 31.8 Å². The van der Waals surface area contributed by atoms with Crippen LogP contribution in [0.3, 0.4) is 0 Å². The first-order valence-corrected chi connectivity index (χ1v) is 6.11. The van der Waals surface area contributed by atoms with Crippen molar-refractivity contribution in [1.29, 1.82) is 0 Å². The molecule has 0 aliphatic carbocycles. The van der Waals surface area contributed by atoms with Gasteiger partial charge in [-0.2, -0.15) is 12.6 Å². The van der Waals surface area contributed by atoms with Crippen molar-refractivity contribution in [2.75, 3.05) is 0 Å². The minimum absolute atomic E-state index is 0.0401. The largest absolute Gasteiger partial charge is 0.519 e. The molecule has 100 valence electrons. The second-order valence-electron chi connectivity index (χ2n) is 3.82. The quantitative estimate of drug-likeness (QED) is 0.852. The molecule has 0 radical (unpaired) electrons. The zero-order valence-electron chi connectivity index (χ0n) is 9.71. The van der Waals surface area contributed by atoms with Gasteiger partial charge < -0.3 is 13.9 Å². The van der Waals surface area contributed by atoms with E-state index in [-0.39, 0.29) is 16.3 Å². The molecule has 2 aromatic rings. The van der Waals surface area contributed by atoms with Gasteiger partial charge in [0.05, 0.1) is 15.8 Å². The summed E-state index contributed by atoms with van der Waals surface area (Å²) in [5, 5.41) is 8.52. The Morgan fingerprint density at radius 2 is 2.11 bits per heavy atom. The maximum absolute atomic E-state index is 11.0. The lowest BCUT2D eigenvalue weighted by Gasteiger charge is -2.09. The Hall–Kier alpha value is -1.66. The van der Waals surface area contributed by atoms with E-state index in [0.29, 0.717) is 11.3 Å². The van der Waals surface area contributed by atoms with Gasteiger partial charge in [-0.25, -0.2) is 9.59 Å². The Balaban J connectivity index is 2.47. The van der Waals surface area contributed by atoms with Gasteiger partial charge in [0.25, 0.3) is 0 Å². The molecule has 1 N–H and O–H groups in total. The summed E-state index contributed by atoms with van der Waals surface area (Å²) >= 11 is 10.1. The minimum Gasteiger partial charge on any atom is -0.478 e. The maximum Gasteiger partial charge on any atom is 0.519 e. The zero-order chi connectivity index (χ0) is 14.2. The number of rotatable bonds is 3. The monoisotopic (exact) mass is 300 g/mol. The topological polar surface area (TPSA) is 80.7 Å². The number of aromatic carboxylic acids is 1. The fourth-order valence-electron chi connectivity index (χ4n) is 1.63. The van der Waals surface area contributed by atoms with Crippen LogP contribution < -0.4 is 5.82 Å². The molecule has 0 amide bonds. The summed E-state index contributed by atoms with van der Waals surface area (Å²) in [6.45, 7) is 1.57. The summed E-state index contributed by atoms with van der Waals surface area (Å²) in [7, 11) is 0. The van der Waals surface area contributed by atoms with E-state index in [1.165, 1.54) is 12.1 Å². The third kappa shape index (κ3) is 2.69. The van der Waals surface area contributed by atoms with Crippen molar-refractivity contribution in [2.45, 2.75) is 12.2 Å². The highest BCUT2D eigenvalue weighted by molar-refractivity contribution is 7.80. The number of carboxylic acid groups (broad SMARTS) is 1. The van der Waals surface area contributed by atoms with E-state index in [4.69, 9.17) is 25.5 Å². The molecule has 0 aliphatic rings. The van der Waals surface area contributed by atoms with Crippen molar-refractivity contribution in [3.8, 4) is 0 Å². The highest BCUT2D eigenvalue weighted by Crippen LogP contribution is 2.32. The first kappa shape index (κ1) is 13.8. The first-order chi connectivity index (χ1) is 8.90. The second-order valence-corrected chi connectivity index (χ2v) is 4.75. The van der Waals surface area contributed by atoms with Crippen LogP contribution in [0.5, 0.6) is 0 Å². The Kier molecular flexibility index (Phi) is 3.73. The molecular weight excluding hydrogens is 292 g/mol. The molecule has 7 heteroatoms. The Morgan fingerprint density at radius 1 is 1.42 bits per heavy atom. The molecule has 1 heterocycles. The van der Waals surface area contributed by atoms with Crippen molar-refractivity contribution in [2.24, 2.45) is 0 Å². The van der Waals surface area contributed by atoms with Crippen LogP contribution >= 0.6 is 24.2 Å². The van der Waals surface area contributed by atoms with Crippen LogP contribution in [0.2, 0.25) is 5.02 Å². The van der Waals surface area contributed by atoms with Gasteiger partial charge in [-0.1, -0.05) is 17.7 Å². The van der Waals surface area contributed by atoms with Crippen molar-refractivity contribution < 1.29 is 18.7 Å². The minimum atomic E-state index is -1.14. The molecule has 2 rings (SSSR count). The average molecular weight is 301 g/mol. The zero-order valence-corrected chi connectivity index (χ0v) is 11.4. The van der Waals surface area contributed by atoms with E-state index in [1.54, 1.807) is 13.0 Å². The van der Waals surface area contributed by atoms with Gasteiger partial charge in [0.15, 0.2) is 5.76 Å². The van der Waals surface area contributed by atoms with Crippen LogP contribution in [-0.4, -0.2) is 11.1 Å². The lowest BCUT2D eigenvalue weighted by atomic mass is 10.1. The Bertz CT molecular complexity index is 688. The van der Waals surface area contributed by atoms with E-state index in [2.05, 4.69) is 12.6 Å². The highest BCUT2D eigenvalue weighted by Gasteiger charge is 2.21. The number of halogens is 1. The van der Waals surface area contributed by atoms with Crippen LogP contribution in [-0.2, 0) is 0 Å². The van der Waals surface area contributed by atoms with Crippen LogP contribution in [0, 0.1) is 6.92 Å². The predicted octanol–water partition coefficient (Wildman–Crippen LogP) is 2.91. The normalized spacial score (nSPS) is 12.4. The molecular formula is C12H9ClO5S.